The van der Waals surface area contributed by atoms with Crippen LogP contribution in [0.25, 0.3) is 0 Å². The van der Waals surface area contributed by atoms with Crippen LogP contribution in [0.15, 0.2) is 30.3 Å². The number of nitrogens with one attached hydrogen (secondary N) is 2. The minimum atomic E-state index is -0.656. The molecule has 27 heavy (non-hydrogen) atoms. The first-order chi connectivity index (χ1) is 12.9. The molecule has 0 radical (unpaired) electrons. The Balaban J connectivity index is 1.94. The molecule has 0 aromatic heterocycles. The molecule has 2 unspecified atom stereocenters. The molecule has 1 aromatic carbocycles. The lowest BCUT2D eigenvalue weighted by Crippen LogP contribution is -2.50. The Hall–Kier alpha value is -2.57. The normalized spacial score (nSPS) is 17.9. The molecule has 2 N–H and O–H groups in total. The van der Waals surface area contributed by atoms with Crippen molar-refractivity contribution < 1.29 is 19.1 Å². The molecular formula is C20H29N3O4. The van der Waals surface area contributed by atoms with Gasteiger partial charge in [0.05, 0.1) is 13.0 Å². The predicted octanol–water partition coefficient (Wildman–Crippen LogP) is 2.63. The summed E-state index contributed by atoms with van der Waals surface area (Å²) < 4.78 is 4.80. The van der Waals surface area contributed by atoms with Gasteiger partial charge in [0.2, 0.25) is 5.91 Å². The summed E-state index contributed by atoms with van der Waals surface area (Å²) in [6, 6.07) is 8.35. The van der Waals surface area contributed by atoms with Crippen LogP contribution in [-0.4, -0.2) is 49.0 Å². The molecule has 1 aliphatic rings. The van der Waals surface area contributed by atoms with Crippen molar-refractivity contribution in [2.45, 2.75) is 39.2 Å². The van der Waals surface area contributed by atoms with Crippen LogP contribution in [0.2, 0.25) is 0 Å². The number of likely N-dealkylation sites (tertiary alicyclic amines) is 1. The minimum Gasteiger partial charge on any atom is -0.467 e. The molecule has 1 saturated heterocycles. The molecule has 1 heterocycles. The van der Waals surface area contributed by atoms with Crippen molar-refractivity contribution in [1.82, 2.24) is 10.2 Å². The number of para-hydroxylation sites is 1. The van der Waals surface area contributed by atoms with E-state index in [-0.39, 0.29) is 23.8 Å². The van der Waals surface area contributed by atoms with E-state index in [1.807, 2.05) is 44.2 Å². The van der Waals surface area contributed by atoms with Gasteiger partial charge < -0.3 is 20.3 Å². The standard InChI is InChI=1S/C20H29N3O4/c1-14(2)12-17(19(25)27-3)22-18(24)15-8-7-11-23(13-15)20(26)21-16-9-5-4-6-10-16/h4-6,9-10,14-15,17H,7-8,11-13H2,1-3H3,(H,21,26)(H,22,24). The summed E-state index contributed by atoms with van der Waals surface area (Å²) in [6.07, 6.45) is 1.95. The maximum atomic E-state index is 12.7. The van der Waals surface area contributed by atoms with E-state index in [1.165, 1.54) is 7.11 Å². The smallest absolute Gasteiger partial charge is 0.328 e. The summed E-state index contributed by atoms with van der Waals surface area (Å²) in [4.78, 5) is 38.7. The summed E-state index contributed by atoms with van der Waals surface area (Å²) in [6.45, 7) is 4.91. The van der Waals surface area contributed by atoms with Crippen molar-refractivity contribution in [3.8, 4) is 0 Å². The first-order valence-corrected chi connectivity index (χ1v) is 9.40. The van der Waals surface area contributed by atoms with Gasteiger partial charge in [-0.25, -0.2) is 9.59 Å². The number of carbonyl (C=O) groups excluding carboxylic acids is 3. The highest BCUT2D eigenvalue weighted by Gasteiger charge is 2.31. The molecule has 2 rings (SSSR count). The molecule has 7 heteroatoms. The zero-order valence-corrected chi connectivity index (χ0v) is 16.2. The zero-order chi connectivity index (χ0) is 19.8. The van der Waals surface area contributed by atoms with E-state index in [0.29, 0.717) is 25.9 Å². The molecule has 1 fully saturated rings. The second-order valence-corrected chi connectivity index (χ2v) is 7.30. The van der Waals surface area contributed by atoms with Crippen molar-refractivity contribution in [3.63, 3.8) is 0 Å². The second-order valence-electron chi connectivity index (χ2n) is 7.30. The quantitative estimate of drug-likeness (QED) is 0.748. The van der Waals surface area contributed by atoms with E-state index in [0.717, 1.165) is 12.1 Å². The van der Waals surface area contributed by atoms with Crippen LogP contribution in [0.4, 0.5) is 10.5 Å². The zero-order valence-electron chi connectivity index (χ0n) is 16.2. The van der Waals surface area contributed by atoms with Gasteiger partial charge in [0.25, 0.3) is 0 Å². The average molecular weight is 375 g/mol. The van der Waals surface area contributed by atoms with Gasteiger partial charge >= 0.3 is 12.0 Å². The summed E-state index contributed by atoms with van der Waals surface area (Å²) in [5, 5.41) is 5.65. The second kappa shape index (κ2) is 9.94. The number of urea groups is 1. The number of amides is 3. The number of piperidine rings is 1. The number of ether oxygens (including phenoxy) is 1. The third-order valence-corrected chi connectivity index (χ3v) is 4.61. The Labute approximate surface area is 160 Å². The molecule has 0 saturated carbocycles. The van der Waals surface area contributed by atoms with E-state index < -0.39 is 12.0 Å². The van der Waals surface area contributed by atoms with E-state index in [1.54, 1.807) is 4.90 Å². The van der Waals surface area contributed by atoms with Crippen LogP contribution < -0.4 is 10.6 Å². The fraction of sp³-hybridized carbons (Fsp3) is 0.550. The number of anilines is 1. The van der Waals surface area contributed by atoms with Crippen LogP contribution in [0.5, 0.6) is 0 Å². The first kappa shape index (κ1) is 20.7. The molecule has 1 aromatic rings. The molecule has 1 aliphatic heterocycles. The lowest BCUT2D eigenvalue weighted by atomic mass is 9.96. The Kier molecular flexibility index (Phi) is 7.64. The van der Waals surface area contributed by atoms with Crippen LogP contribution >= 0.6 is 0 Å². The molecule has 3 amide bonds. The van der Waals surface area contributed by atoms with E-state index in [9.17, 15) is 14.4 Å². The molecule has 0 aliphatic carbocycles. The van der Waals surface area contributed by atoms with Crippen LogP contribution in [0.3, 0.4) is 0 Å². The van der Waals surface area contributed by atoms with Gasteiger partial charge in [0.15, 0.2) is 0 Å². The van der Waals surface area contributed by atoms with Gasteiger partial charge in [0.1, 0.15) is 6.04 Å². The average Bonchev–Trinajstić information content (AvgIpc) is 2.67. The molecule has 2 atom stereocenters. The topological polar surface area (TPSA) is 87.7 Å². The first-order valence-electron chi connectivity index (χ1n) is 9.40. The third kappa shape index (κ3) is 6.27. The number of esters is 1. The number of benzene rings is 1. The van der Waals surface area contributed by atoms with Gasteiger partial charge in [-0.2, -0.15) is 0 Å². The fourth-order valence-corrected chi connectivity index (χ4v) is 3.22. The lowest BCUT2D eigenvalue weighted by Gasteiger charge is -2.32. The maximum Gasteiger partial charge on any atom is 0.328 e. The number of methoxy groups -OCH3 is 1. The van der Waals surface area contributed by atoms with Crippen LogP contribution in [0.1, 0.15) is 33.1 Å². The number of carbonyl (C=O) groups is 3. The van der Waals surface area contributed by atoms with Crippen molar-refractivity contribution in [1.29, 1.82) is 0 Å². The van der Waals surface area contributed by atoms with E-state index in [4.69, 9.17) is 4.74 Å². The number of hydrogen-bond acceptors (Lipinski definition) is 4. The highest BCUT2D eigenvalue weighted by molar-refractivity contribution is 5.90. The van der Waals surface area contributed by atoms with Crippen molar-refractivity contribution >= 4 is 23.6 Å². The Bertz CT molecular complexity index is 648. The van der Waals surface area contributed by atoms with Crippen molar-refractivity contribution in [3.05, 3.63) is 30.3 Å². The number of nitrogens with zero attached hydrogens (tertiary/aromatic N) is 1. The van der Waals surface area contributed by atoms with Gasteiger partial charge in [0, 0.05) is 18.8 Å². The summed E-state index contributed by atoms with van der Waals surface area (Å²) in [5.74, 6) is -0.733. The molecule has 148 valence electrons. The van der Waals surface area contributed by atoms with Gasteiger partial charge in [-0.15, -0.1) is 0 Å². The highest BCUT2D eigenvalue weighted by Crippen LogP contribution is 2.19. The Morgan fingerprint density at radius 3 is 2.56 bits per heavy atom. The number of hydrogen-bond donors (Lipinski definition) is 2. The highest BCUT2D eigenvalue weighted by atomic mass is 16.5. The van der Waals surface area contributed by atoms with Gasteiger partial charge in [-0.05, 0) is 37.3 Å². The van der Waals surface area contributed by atoms with E-state index >= 15 is 0 Å². The maximum absolute atomic E-state index is 12.7. The van der Waals surface area contributed by atoms with Gasteiger partial charge in [-0.3, -0.25) is 4.79 Å². The monoisotopic (exact) mass is 375 g/mol. The predicted molar refractivity (Wildman–Crippen MR) is 103 cm³/mol. The number of rotatable bonds is 6. The summed E-state index contributed by atoms with van der Waals surface area (Å²) >= 11 is 0. The van der Waals surface area contributed by atoms with Crippen LogP contribution in [-0.2, 0) is 14.3 Å². The Morgan fingerprint density at radius 2 is 1.93 bits per heavy atom. The fourth-order valence-electron chi connectivity index (χ4n) is 3.22. The molecule has 0 spiro atoms. The molecule has 0 bridgehead atoms. The lowest BCUT2D eigenvalue weighted by molar-refractivity contribution is -0.146. The van der Waals surface area contributed by atoms with E-state index in [2.05, 4.69) is 10.6 Å². The van der Waals surface area contributed by atoms with Gasteiger partial charge in [-0.1, -0.05) is 32.0 Å². The third-order valence-electron chi connectivity index (χ3n) is 4.61. The minimum absolute atomic E-state index is 0.205. The SMILES string of the molecule is COC(=O)C(CC(C)C)NC(=O)C1CCCN(C(=O)Nc2ccccc2)C1. The summed E-state index contributed by atoms with van der Waals surface area (Å²) in [5.41, 5.74) is 0.719. The largest absolute Gasteiger partial charge is 0.467 e. The van der Waals surface area contributed by atoms with Crippen LogP contribution in [0, 0.1) is 11.8 Å². The molecular weight excluding hydrogens is 346 g/mol. The molecule has 7 nitrogen and oxygen atoms in total. The van der Waals surface area contributed by atoms with Crippen molar-refractivity contribution in [2.24, 2.45) is 11.8 Å². The van der Waals surface area contributed by atoms with Crippen molar-refractivity contribution in [2.75, 3.05) is 25.5 Å². The Morgan fingerprint density at radius 1 is 1.22 bits per heavy atom. The summed E-state index contributed by atoms with van der Waals surface area (Å²) in [7, 11) is 1.32.